The Balaban J connectivity index is 1.81. The van der Waals surface area contributed by atoms with Gasteiger partial charge in [-0.1, -0.05) is 56.3 Å². The summed E-state index contributed by atoms with van der Waals surface area (Å²) in [6, 6.07) is 15.5. The van der Waals surface area contributed by atoms with Crippen molar-refractivity contribution in [3.63, 3.8) is 0 Å². The van der Waals surface area contributed by atoms with Crippen LogP contribution in [0.25, 0.3) is 22.1 Å². The second-order valence-corrected chi connectivity index (χ2v) is 7.57. The molecule has 2 unspecified atom stereocenters. The van der Waals surface area contributed by atoms with Crippen molar-refractivity contribution in [2.75, 3.05) is 0 Å². The first-order chi connectivity index (χ1) is 13.8. The third-order valence-electron chi connectivity index (χ3n) is 4.83. The van der Waals surface area contributed by atoms with Gasteiger partial charge in [0.15, 0.2) is 0 Å². The smallest absolute Gasteiger partial charge is 0.321 e. The highest BCUT2D eigenvalue weighted by Gasteiger charge is 2.27. The number of carboxylic acids is 2. The van der Waals surface area contributed by atoms with E-state index >= 15 is 0 Å². The monoisotopic (exact) mass is 395 g/mol. The molecule has 3 aromatic rings. The van der Waals surface area contributed by atoms with Crippen molar-refractivity contribution in [1.29, 1.82) is 0 Å². The minimum Gasteiger partial charge on any atom is -0.480 e. The molecule has 6 heteroatoms. The Morgan fingerprint density at radius 1 is 0.931 bits per heavy atom. The Bertz CT molecular complexity index is 1000. The van der Waals surface area contributed by atoms with Gasteiger partial charge in [0.2, 0.25) is 0 Å². The molecule has 0 fully saturated rings. The second kappa shape index (κ2) is 8.92. The van der Waals surface area contributed by atoms with Crippen LogP contribution in [0.2, 0.25) is 0 Å². The van der Waals surface area contributed by atoms with Crippen molar-refractivity contribution in [3.8, 4) is 11.3 Å². The zero-order valence-corrected chi connectivity index (χ0v) is 16.5. The van der Waals surface area contributed by atoms with Crippen LogP contribution in [0.4, 0.5) is 0 Å². The highest BCUT2D eigenvalue weighted by atomic mass is 16.4. The summed E-state index contributed by atoms with van der Waals surface area (Å²) in [6.45, 7) is 3.80. The molecule has 2 atom stereocenters. The maximum absolute atomic E-state index is 11.7. The zero-order chi connectivity index (χ0) is 21.0. The molecule has 0 amide bonds. The Morgan fingerprint density at radius 3 is 2.31 bits per heavy atom. The predicted molar refractivity (Wildman–Crippen MR) is 111 cm³/mol. The van der Waals surface area contributed by atoms with E-state index in [9.17, 15) is 19.8 Å². The van der Waals surface area contributed by atoms with Crippen LogP contribution >= 0.6 is 0 Å². The molecule has 29 heavy (non-hydrogen) atoms. The van der Waals surface area contributed by atoms with Crippen molar-refractivity contribution in [2.45, 2.75) is 38.8 Å². The molecule has 3 rings (SSSR count). The van der Waals surface area contributed by atoms with E-state index in [4.69, 9.17) is 4.42 Å². The van der Waals surface area contributed by atoms with E-state index < -0.39 is 24.0 Å². The van der Waals surface area contributed by atoms with E-state index in [-0.39, 0.29) is 12.3 Å². The fourth-order valence-electron chi connectivity index (χ4n) is 3.45. The normalized spacial score (nSPS) is 13.5. The van der Waals surface area contributed by atoms with Crippen LogP contribution in [0.15, 0.2) is 59.0 Å². The summed E-state index contributed by atoms with van der Waals surface area (Å²) < 4.78 is 5.93. The van der Waals surface area contributed by atoms with Crippen LogP contribution < -0.4 is 5.32 Å². The molecular formula is C23H25NO5. The molecule has 152 valence electrons. The number of fused-ring (bicyclic) bond motifs is 1. The minimum absolute atomic E-state index is 0.0575. The lowest BCUT2D eigenvalue weighted by atomic mass is 10.0. The summed E-state index contributed by atoms with van der Waals surface area (Å²) in [6.07, 6.45) is 0.403. The Kier molecular flexibility index (Phi) is 6.34. The van der Waals surface area contributed by atoms with Crippen LogP contribution in [0, 0.1) is 5.92 Å². The van der Waals surface area contributed by atoms with Crippen LogP contribution in [-0.4, -0.2) is 34.2 Å². The van der Waals surface area contributed by atoms with Gasteiger partial charge in [-0.05, 0) is 35.2 Å². The average molecular weight is 395 g/mol. The SMILES string of the molecule is CC(C)CC(NC(Cc1ccc(-c2cccc3ccccc23)o1)C(=O)O)C(=O)O. The second-order valence-electron chi connectivity index (χ2n) is 7.57. The van der Waals surface area contributed by atoms with E-state index in [2.05, 4.69) is 5.32 Å². The quantitative estimate of drug-likeness (QED) is 0.502. The van der Waals surface area contributed by atoms with Crippen molar-refractivity contribution < 1.29 is 24.2 Å². The zero-order valence-electron chi connectivity index (χ0n) is 16.5. The first-order valence-electron chi connectivity index (χ1n) is 9.63. The Labute approximate surface area is 169 Å². The summed E-state index contributed by atoms with van der Waals surface area (Å²) in [5, 5.41) is 23.8. The maximum Gasteiger partial charge on any atom is 0.321 e. The van der Waals surface area contributed by atoms with Gasteiger partial charge in [0.25, 0.3) is 0 Å². The van der Waals surface area contributed by atoms with Crippen LogP contribution in [0.5, 0.6) is 0 Å². The van der Waals surface area contributed by atoms with Gasteiger partial charge in [-0.3, -0.25) is 14.9 Å². The van der Waals surface area contributed by atoms with E-state index in [0.29, 0.717) is 17.9 Å². The lowest BCUT2D eigenvalue weighted by Gasteiger charge is -2.21. The molecule has 0 saturated carbocycles. The van der Waals surface area contributed by atoms with Gasteiger partial charge >= 0.3 is 11.9 Å². The van der Waals surface area contributed by atoms with Gasteiger partial charge in [0, 0.05) is 12.0 Å². The molecule has 0 aliphatic heterocycles. The number of rotatable bonds is 9. The number of hydrogen-bond acceptors (Lipinski definition) is 4. The molecule has 1 heterocycles. The number of carboxylic acid groups (broad SMARTS) is 2. The average Bonchev–Trinajstić information content (AvgIpc) is 3.14. The van der Waals surface area contributed by atoms with Gasteiger partial charge in [-0.2, -0.15) is 0 Å². The number of aliphatic carboxylic acids is 2. The molecule has 0 aliphatic rings. The number of nitrogens with one attached hydrogen (secondary N) is 1. The van der Waals surface area contributed by atoms with Crippen LogP contribution in [0.3, 0.4) is 0 Å². The standard InChI is InChI=1S/C23H25NO5/c1-14(2)12-19(22(25)26)24-20(23(27)28)13-16-10-11-21(29-16)18-9-5-7-15-6-3-4-8-17(15)18/h3-11,14,19-20,24H,12-13H2,1-2H3,(H,25,26)(H,27,28). The highest BCUT2D eigenvalue weighted by molar-refractivity contribution is 5.95. The maximum atomic E-state index is 11.7. The molecule has 0 bridgehead atoms. The van der Waals surface area contributed by atoms with Crippen molar-refractivity contribution in [1.82, 2.24) is 5.32 Å². The molecule has 0 saturated heterocycles. The molecule has 6 nitrogen and oxygen atoms in total. The minimum atomic E-state index is -1.11. The molecule has 0 aliphatic carbocycles. The molecule has 3 N–H and O–H groups in total. The number of hydrogen-bond donors (Lipinski definition) is 3. The van der Waals surface area contributed by atoms with Crippen molar-refractivity contribution in [3.05, 3.63) is 60.4 Å². The topological polar surface area (TPSA) is 99.8 Å². The van der Waals surface area contributed by atoms with E-state index in [1.54, 1.807) is 6.07 Å². The lowest BCUT2D eigenvalue weighted by Crippen LogP contribution is -2.48. The van der Waals surface area contributed by atoms with Gasteiger partial charge in [-0.25, -0.2) is 0 Å². The fraction of sp³-hybridized carbons (Fsp3) is 0.304. The van der Waals surface area contributed by atoms with E-state index in [1.807, 2.05) is 62.4 Å². The summed E-state index contributed by atoms with van der Waals surface area (Å²) in [5.74, 6) is -0.900. The van der Waals surface area contributed by atoms with Gasteiger partial charge in [0.1, 0.15) is 23.6 Å². The Hall–Kier alpha value is -3.12. The Morgan fingerprint density at radius 2 is 1.62 bits per heavy atom. The summed E-state index contributed by atoms with van der Waals surface area (Å²) in [5.41, 5.74) is 0.928. The predicted octanol–water partition coefficient (Wildman–Crippen LogP) is 4.18. The van der Waals surface area contributed by atoms with Crippen molar-refractivity contribution in [2.24, 2.45) is 5.92 Å². The van der Waals surface area contributed by atoms with Crippen LogP contribution in [-0.2, 0) is 16.0 Å². The molecule has 0 spiro atoms. The molecular weight excluding hydrogens is 370 g/mol. The first-order valence-corrected chi connectivity index (χ1v) is 9.63. The molecule has 2 aromatic carbocycles. The summed E-state index contributed by atoms with van der Waals surface area (Å²) >= 11 is 0. The number of benzene rings is 2. The van der Waals surface area contributed by atoms with Crippen molar-refractivity contribution >= 4 is 22.7 Å². The van der Waals surface area contributed by atoms with Gasteiger partial charge in [-0.15, -0.1) is 0 Å². The van der Waals surface area contributed by atoms with Crippen LogP contribution in [0.1, 0.15) is 26.0 Å². The fourth-order valence-corrected chi connectivity index (χ4v) is 3.45. The molecule has 0 radical (unpaired) electrons. The first kappa shape index (κ1) is 20.6. The van der Waals surface area contributed by atoms with Gasteiger partial charge < -0.3 is 14.6 Å². The van der Waals surface area contributed by atoms with E-state index in [0.717, 1.165) is 16.3 Å². The largest absolute Gasteiger partial charge is 0.480 e. The highest BCUT2D eigenvalue weighted by Crippen LogP contribution is 2.30. The molecule has 1 aromatic heterocycles. The van der Waals surface area contributed by atoms with E-state index in [1.165, 1.54) is 0 Å². The summed E-state index contributed by atoms with van der Waals surface area (Å²) in [4.78, 5) is 23.2. The number of carbonyl (C=O) groups is 2. The van der Waals surface area contributed by atoms with Gasteiger partial charge in [0.05, 0.1) is 0 Å². The third-order valence-corrected chi connectivity index (χ3v) is 4.83. The number of furan rings is 1. The summed E-state index contributed by atoms with van der Waals surface area (Å²) in [7, 11) is 0. The third kappa shape index (κ3) is 5.03. The lowest BCUT2D eigenvalue weighted by molar-refractivity contribution is -0.143.